The average molecular weight is 463 g/mol. The monoisotopic (exact) mass is 462 g/mol. The molecular weight excluding hydrogens is 428 g/mol. The second-order valence-corrected chi connectivity index (χ2v) is 8.61. The van der Waals surface area contributed by atoms with Crippen LogP contribution in [0.2, 0.25) is 0 Å². The fraction of sp³-hybridized carbons (Fsp3) is 0.462. The number of unbranched alkanes of at least 4 members (excludes halogenated alkanes) is 3. The Kier molecular flexibility index (Phi) is 9.71. The first-order valence-corrected chi connectivity index (χ1v) is 11.9. The van der Waals surface area contributed by atoms with Crippen LogP contribution in [0.3, 0.4) is 0 Å². The number of methoxy groups -OCH3 is 1. The number of carbonyl (C=O) groups is 1. The lowest BCUT2D eigenvalue weighted by Crippen LogP contribution is -2.31. The summed E-state index contributed by atoms with van der Waals surface area (Å²) >= 11 is 0. The molecule has 0 aliphatic carbocycles. The third-order valence-corrected chi connectivity index (χ3v) is 6.18. The molecule has 2 aromatic rings. The van der Waals surface area contributed by atoms with E-state index in [2.05, 4.69) is 20.6 Å². The fourth-order valence-corrected chi connectivity index (χ4v) is 4.35. The summed E-state index contributed by atoms with van der Waals surface area (Å²) in [5.74, 6) is 1.76. The van der Waals surface area contributed by atoms with E-state index < -0.39 is 0 Å². The normalized spacial score (nSPS) is 15.6. The largest absolute Gasteiger partial charge is 0.496 e. The SMILES string of the molecule is COc1cccc(C)c1C(=O)N1CCC(CCCCCCN/C(=N/C#N)Nc2ccncc2)C1. The molecule has 1 atom stereocenters. The van der Waals surface area contributed by atoms with E-state index in [0.29, 0.717) is 23.2 Å². The van der Waals surface area contributed by atoms with E-state index in [1.165, 1.54) is 0 Å². The summed E-state index contributed by atoms with van der Waals surface area (Å²) in [5.41, 5.74) is 2.48. The molecule has 0 bridgehead atoms. The zero-order valence-corrected chi connectivity index (χ0v) is 20.1. The molecule has 1 fully saturated rings. The fourth-order valence-electron chi connectivity index (χ4n) is 4.35. The molecule has 2 N–H and O–H groups in total. The first kappa shape index (κ1) is 25.0. The molecule has 0 radical (unpaired) electrons. The van der Waals surface area contributed by atoms with Gasteiger partial charge in [-0.1, -0.05) is 31.4 Å². The Morgan fingerprint density at radius 2 is 2.03 bits per heavy atom. The number of amides is 1. The quantitative estimate of drug-likeness (QED) is 0.236. The predicted molar refractivity (Wildman–Crippen MR) is 134 cm³/mol. The molecule has 180 valence electrons. The van der Waals surface area contributed by atoms with Gasteiger partial charge in [0.2, 0.25) is 12.2 Å². The molecule has 8 nitrogen and oxygen atoms in total. The van der Waals surface area contributed by atoms with E-state index >= 15 is 0 Å². The minimum absolute atomic E-state index is 0.0822. The molecule has 3 rings (SSSR count). The molecule has 1 saturated heterocycles. The molecule has 1 aliphatic rings. The van der Waals surface area contributed by atoms with Crippen LogP contribution in [-0.2, 0) is 0 Å². The highest BCUT2D eigenvalue weighted by atomic mass is 16.5. The third kappa shape index (κ3) is 7.20. The zero-order valence-electron chi connectivity index (χ0n) is 20.1. The van der Waals surface area contributed by atoms with Crippen molar-refractivity contribution in [3.63, 3.8) is 0 Å². The number of guanidine groups is 1. The number of likely N-dealkylation sites (tertiary alicyclic amines) is 1. The van der Waals surface area contributed by atoms with Gasteiger partial charge in [-0.05, 0) is 55.9 Å². The van der Waals surface area contributed by atoms with Crippen molar-refractivity contribution in [2.75, 3.05) is 32.1 Å². The number of carbonyl (C=O) groups excluding carboxylic acids is 1. The lowest BCUT2D eigenvalue weighted by atomic mass is 10.00. The van der Waals surface area contributed by atoms with Crippen LogP contribution in [0.15, 0.2) is 47.7 Å². The number of aromatic nitrogens is 1. The molecule has 0 saturated carbocycles. The van der Waals surface area contributed by atoms with E-state index in [-0.39, 0.29) is 5.91 Å². The number of nitrogens with one attached hydrogen (secondary N) is 2. The highest BCUT2D eigenvalue weighted by molar-refractivity contribution is 5.98. The van der Waals surface area contributed by atoms with Gasteiger partial charge in [-0.2, -0.15) is 5.26 Å². The van der Waals surface area contributed by atoms with Gasteiger partial charge in [-0.3, -0.25) is 9.78 Å². The molecule has 8 heteroatoms. The summed E-state index contributed by atoms with van der Waals surface area (Å²) in [6, 6.07) is 9.38. The molecule has 2 heterocycles. The van der Waals surface area contributed by atoms with Crippen LogP contribution in [0.25, 0.3) is 0 Å². The highest BCUT2D eigenvalue weighted by Crippen LogP contribution is 2.28. The van der Waals surface area contributed by atoms with Crippen LogP contribution in [0.4, 0.5) is 5.69 Å². The van der Waals surface area contributed by atoms with E-state index in [0.717, 1.165) is 69.4 Å². The van der Waals surface area contributed by atoms with E-state index in [9.17, 15) is 4.79 Å². The van der Waals surface area contributed by atoms with Gasteiger partial charge in [0, 0.05) is 37.7 Å². The molecule has 1 unspecified atom stereocenters. The minimum atomic E-state index is 0.0822. The summed E-state index contributed by atoms with van der Waals surface area (Å²) in [5, 5.41) is 15.2. The smallest absolute Gasteiger partial charge is 0.257 e. The van der Waals surface area contributed by atoms with Gasteiger partial charge in [0.1, 0.15) is 5.75 Å². The van der Waals surface area contributed by atoms with Crippen LogP contribution in [0, 0.1) is 24.3 Å². The van der Waals surface area contributed by atoms with Crippen LogP contribution >= 0.6 is 0 Å². The lowest BCUT2D eigenvalue weighted by molar-refractivity contribution is 0.0782. The number of hydrogen-bond donors (Lipinski definition) is 2. The van der Waals surface area contributed by atoms with Gasteiger partial charge in [0.25, 0.3) is 5.91 Å². The number of aryl methyl sites for hydroxylation is 1. The van der Waals surface area contributed by atoms with Gasteiger partial charge in [-0.15, -0.1) is 4.99 Å². The Balaban J connectivity index is 1.32. The van der Waals surface area contributed by atoms with E-state index in [1.807, 2.05) is 48.3 Å². The Labute approximate surface area is 202 Å². The average Bonchev–Trinajstić information content (AvgIpc) is 3.32. The topological polar surface area (TPSA) is 103 Å². The Bertz CT molecular complexity index is 1000. The third-order valence-electron chi connectivity index (χ3n) is 6.18. The number of ether oxygens (including phenoxy) is 1. The van der Waals surface area contributed by atoms with Crippen LogP contribution in [0.1, 0.15) is 54.4 Å². The van der Waals surface area contributed by atoms with E-state index in [1.54, 1.807) is 19.5 Å². The molecule has 1 aromatic carbocycles. The first-order valence-electron chi connectivity index (χ1n) is 11.9. The number of rotatable bonds is 10. The maximum atomic E-state index is 13.1. The highest BCUT2D eigenvalue weighted by Gasteiger charge is 2.28. The second-order valence-electron chi connectivity index (χ2n) is 8.61. The maximum absolute atomic E-state index is 13.1. The van der Waals surface area contributed by atoms with Crippen LogP contribution in [0.5, 0.6) is 5.75 Å². The van der Waals surface area contributed by atoms with Crippen molar-refractivity contribution in [1.29, 1.82) is 5.26 Å². The number of nitrogens with zero attached hydrogens (tertiary/aromatic N) is 4. The molecule has 34 heavy (non-hydrogen) atoms. The lowest BCUT2D eigenvalue weighted by Gasteiger charge is -2.19. The number of benzene rings is 1. The molecule has 0 spiro atoms. The minimum Gasteiger partial charge on any atom is -0.496 e. The molecule has 1 amide bonds. The van der Waals surface area contributed by atoms with Crippen LogP contribution < -0.4 is 15.4 Å². The number of anilines is 1. The molecule has 1 aromatic heterocycles. The Hall–Kier alpha value is -3.60. The van der Waals surface area contributed by atoms with Gasteiger partial charge < -0.3 is 20.3 Å². The van der Waals surface area contributed by atoms with E-state index in [4.69, 9.17) is 10.00 Å². The van der Waals surface area contributed by atoms with Crippen molar-refractivity contribution >= 4 is 17.6 Å². The van der Waals surface area contributed by atoms with Gasteiger partial charge in [0.05, 0.1) is 12.7 Å². The molecule has 1 aliphatic heterocycles. The van der Waals surface area contributed by atoms with Crippen molar-refractivity contribution in [1.82, 2.24) is 15.2 Å². The van der Waals surface area contributed by atoms with Crippen molar-refractivity contribution in [2.24, 2.45) is 10.9 Å². The predicted octanol–water partition coefficient (Wildman–Crippen LogP) is 4.35. The summed E-state index contributed by atoms with van der Waals surface area (Å²) < 4.78 is 5.42. The van der Waals surface area contributed by atoms with Gasteiger partial charge in [0.15, 0.2) is 0 Å². The summed E-state index contributed by atoms with van der Waals surface area (Å²) in [7, 11) is 1.61. The Morgan fingerprint density at radius 3 is 2.79 bits per heavy atom. The number of pyridine rings is 1. The van der Waals surface area contributed by atoms with Crippen molar-refractivity contribution in [3.05, 3.63) is 53.9 Å². The Morgan fingerprint density at radius 1 is 1.24 bits per heavy atom. The van der Waals surface area contributed by atoms with Crippen molar-refractivity contribution in [3.8, 4) is 11.9 Å². The number of aliphatic imine (C=N–C) groups is 1. The first-order chi connectivity index (χ1) is 16.6. The van der Waals surface area contributed by atoms with Crippen molar-refractivity contribution in [2.45, 2.75) is 45.4 Å². The summed E-state index contributed by atoms with van der Waals surface area (Å²) in [4.78, 5) is 22.8. The summed E-state index contributed by atoms with van der Waals surface area (Å²) in [6.07, 6.45) is 11.8. The van der Waals surface area contributed by atoms with Gasteiger partial charge in [-0.25, -0.2) is 0 Å². The number of hydrogen-bond acceptors (Lipinski definition) is 5. The second kappa shape index (κ2) is 13.2. The zero-order chi connectivity index (χ0) is 24.2. The molecular formula is C26H34N6O2. The van der Waals surface area contributed by atoms with Gasteiger partial charge >= 0.3 is 0 Å². The van der Waals surface area contributed by atoms with Crippen LogP contribution in [-0.4, -0.2) is 48.5 Å². The van der Waals surface area contributed by atoms with Crippen molar-refractivity contribution < 1.29 is 9.53 Å². The standard InChI is InChI=1S/C26H34N6O2/c1-20-8-7-10-23(34-2)24(20)25(33)32-17-13-21(18-32)9-5-3-4-6-14-29-26(30-19-27)31-22-11-15-28-16-12-22/h7-8,10-12,15-16,21H,3-6,9,13-14,17-18H2,1-2H3,(H2,28,29,30,31). The maximum Gasteiger partial charge on any atom is 0.257 e. The summed E-state index contributed by atoms with van der Waals surface area (Å²) in [6.45, 7) is 4.36. The number of nitriles is 1.